The molecule has 0 atom stereocenters. The number of aryl methyl sites for hydroxylation is 2. The van der Waals surface area contributed by atoms with E-state index in [1.165, 1.54) is 5.56 Å². The van der Waals surface area contributed by atoms with Crippen LogP contribution in [0.4, 0.5) is 0 Å². The molecule has 0 saturated carbocycles. The molecule has 1 aromatic heterocycles. The maximum atomic E-state index is 13.0. The van der Waals surface area contributed by atoms with Gasteiger partial charge < -0.3 is 4.90 Å². The van der Waals surface area contributed by atoms with Crippen molar-refractivity contribution >= 4 is 5.91 Å². The number of carbonyl (C=O) groups is 1. The number of nitrogens with zero attached hydrogens (tertiary/aromatic N) is 4. The molecule has 1 saturated heterocycles. The van der Waals surface area contributed by atoms with Gasteiger partial charge in [0.2, 0.25) is 0 Å². The predicted molar refractivity (Wildman–Crippen MR) is 115 cm³/mol. The van der Waals surface area contributed by atoms with Gasteiger partial charge in [-0.15, -0.1) is 0 Å². The molecule has 0 N–H and O–H groups in total. The van der Waals surface area contributed by atoms with Crippen LogP contribution in [0.2, 0.25) is 0 Å². The first-order valence-electron chi connectivity index (χ1n) is 10.3. The van der Waals surface area contributed by atoms with E-state index in [1.807, 2.05) is 53.8 Å². The Balaban J connectivity index is 1.40. The van der Waals surface area contributed by atoms with Crippen LogP contribution in [0, 0.1) is 13.8 Å². The van der Waals surface area contributed by atoms with Gasteiger partial charge in [-0.3, -0.25) is 9.69 Å². The van der Waals surface area contributed by atoms with Crippen molar-refractivity contribution in [2.24, 2.45) is 0 Å². The molecular formula is C24H28N4O. The standard InChI is InChI=1S/C24H28N4O/c1-19-17-20(2)28(25-19)23-11-9-22(10-12-23)24(29)27-14-6-13-26(15-16-27)18-21-7-4-3-5-8-21/h3-5,7-12,17H,6,13-16,18H2,1-2H3. The van der Waals surface area contributed by atoms with Crippen molar-refractivity contribution in [2.45, 2.75) is 26.8 Å². The van der Waals surface area contributed by atoms with Gasteiger partial charge in [0.25, 0.3) is 5.91 Å². The zero-order valence-corrected chi connectivity index (χ0v) is 17.2. The van der Waals surface area contributed by atoms with E-state index in [0.29, 0.717) is 0 Å². The van der Waals surface area contributed by atoms with Crippen molar-refractivity contribution < 1.29 is 4.79 Å². The molecule has 0 radical (unpaired) electrons. The molecular weight excluding hydrogens is 360 g/mol. The Kier molecular flexibility index (Phi) is 5.76. The summed E-state index contributed by atoms with van der Waals surface area (Å²) in [5.74, 6) is 0.117. The number of aromatic nitrogens is 2. The molecule has 0 spiro atoms. The van der Waals surface area contributed by atoms with E-state index in [-0.39, 0.29) is 5.91 Å². The highest BCUT2D eigenvalue weighted by Gasteiger charge is 2.20. The first-order chi connectivity index (χ1) is 14.1. The van der Waals surface area contributed by atoms with E-state index in [1.54, 1.807) is 0 Å². The molecule has 2 aromatic carbocycles. The zero-order valence-electron chi connectivity index (χ0n) is 17.2. The summed E-state index contributed by atoms with van der Waals surface area (Å²) in [5.41, 5.74) is 5.13. The molecule has 1 amide bonds. The molecule has 1 aliphatic heterocycles. The normalized spacial score (nSPS) is 15.3. The topological polar surface area (TPSA) is 41.4 Å². The van der Waals surface area contributed by atoms with Crippen molar-refractivity contribution in [3.8, 4) is 5.69 Å². The average Bonchev–Trinajstić information content (AvgIpc) is 2.93. The number of rotatable bonds is 4. The maximum absolute atomic E-state index is 13.0. The molecule has 0 bridgehead atoms. The van der Waals surface area contributed by atoms with Crippen LogP contribution >= 0.6 is 0 Å². The summed E-state index contributed by atoms with van der Waals surface area (Å²) < 4.78 is 1.91. The van der Waals surface area contributed by atoms with Gasteiger partial charge in [0.1, 0.15) is 0 Å². The third kappa shape index (κ3) is 4.57. The van der Waals surface area contributed by atoms with Crippen molar-refractivity contribution in [3.05, 3.63) is 83.2 Å². The summed E-state index contributed by atoms with van der Waals surface area (Å²) in [7, 11) is 0. The minimum Gasteiger partial charge on any atom is -0.337 e. The second-order valence-corrected chi connectivity index (χ2v) is 7.79. The second kappa shape index (κ2) is 8.62. The molecule has 0 unspecified atom stereocenters. The van der Waals surface area contributed by atoms with Gasteiger partial charge in [-0.25, -0.2) is 4.68 Å². The van der Waals surface area contributed by atoms with E-state index in [4.69, 9.17) is 0 Å². The van der Waals surface area contributed by atoms with Crippen molar-refractivity contribution in [1.82, 2.24) is 19.6 Å². The lowest BCUT2D eigenvalue weighted by molar-refractivity contribution is 0.0761. The number of hydrogen-bond acceptors (Lipinski definition) is 3. The van der Waals surface area contributed by atoms with Crippen molar-refractivity contribution in [3.63, 3.8) is 0 Å². The van der Waals surface area contributed by atoms with E-state index < -0.39 is 0 Å². The summed E-state index contributed by atoms with van der Waals surface area (Å²) in [6, 6.07) is 20.4. The summed E-state index contributed by atoms with van der Waals surface area (Å²) in [6.45, 7) is 8.48. The van der Waals surface area contributed by atoms with E-state index in [9.17, 15) is 4.79 Å². The molecule has 5 nitrogen and oxygen atoms in total. The third-order valence-electron chi connectivity index (χ3n) is 5.49. The SMILES string of the molecule is Cc1cc(C)n(-c2ccc(C(=O)N3CCCN(Cc4ccccc4)CC3)cc2)n1. The lowest BCUT2D eigenvalue weighted by atomic mass is 10.1. The minimum absolute atomic E-state index is 0.117. The molecule has 1 fully saturated rings. The molecule has 0 aliphatic carbocycles. The Hall–Kier alpha value is -2.92. The fourth-order valence-electron chi connectivity index (χ4n) is 3.99. The van der Waals surface area contributed by atoms with Crippen LogP contribution in [0.1, 0.15) is 33.7 Å². The van der Waals surface area contributed by atoms with Gasteiger partial charge in [0.05, 0.1) is 11.4 Å². The van der Waals surface area contributed by atoms with Gasteiger partial charge in [-0.05, 0) is 56.2 Å². The zero-order chi connectivity index (χ0) is 20.2. The number of carbonyl (C=O) groups excluding carboxylic acids is 1. The monoisotopic (exact) mass is 388 g/mol. The highest BCUT2D eigenvalue weighted by molar-refractivity contribution is 5.94. The van der Waals surface area contributed by atoms with Crippen LogP contribution in [0.15, 0.2) is 60.7 Å². The second-order valence-electron chi connectivity index (χ2n) is 7.79. The first-order valence-corrected chi connectivity index (χ1v) is 10.3. The maximum Gasteiger partial charge on any atom is 0.253 e. The fourth-order valence-corrected chi connectivity index (χ4v) is 3.99. The molecule has 5 heteroatoms. The van der Waals surface area contributed by atoms with Crippen LogP contribution in [0.5, 0.6) is 0 Å². The molecule has 29 heavy (non-hydrogen) atoms. The molecule has 4 rings (SSSR count). The van der Waals surface area contributed by atoms with Gasteiger partial charge >= 0.3 is 0 Å². The summed E-state index contributed by atoms with van der Waals surface area (Å²) in [6.07, 6.45) is 1.00. The Morgan fingerprint density at radius 3 is 2.38 bits per heavy atom. The van der Waals surface area contributed by atoms with Crippen LogP contribution in [-0.4, -0.2) is 51.7 Å². The van der Waals surface area contributed by atoms with Crippen LogP contribution in [0.25, 0.3) is 5.69 Å². The summed E-state index contributed by atoms with van der Waals surface area (Å²) in [4.78, 5) is 17.4. The average molecular weight is 389 g/mol. The molecule has 3 aromatic rings. The highest BCUT2D eigenvalue weighted by Crippen LogP contribution is 2.16. The summed E-state index contributed by atoms with van der Waals surface area (Å²) in [5, 5.41) is 4.52. The first kappa shape index (κ1) is 19.4. The van der Waals surface area contributed by atoms with Gasteiger partial charge in [-0.1, -0.05) is 30.3 Å². The Morgan fingerprint density at radius 1 is 0.931 bits per heavy atom. The van der Waals surface area contributed by atoms with Crippen LogP contribution < -0.4 is 0 Å². The van der Waals surface area contributed by atoms with Crippen molar-refractivity contribution in [1.29, 1.82) is 0 Å². The number of amides is 1. The van der Waals surface area contributed by atoms with Crippen LogP contribution in [0.3, 0.4) is 0 Å². The van der Waals surface area contributed by atoms with Crippen LogP contribution in [-0.2, 0) is 6.54 Å². The number of hydrogen-bond donors (Lipinski definition) is 0. The Labute approximate surface area is 172 Å². The smallest absolute Gasteiger partial charge is 0.253 e. The Bertz CT molecular complexity index is 962. The molecule has 1 aliphatic rings. The highest BCUT2D eigenvalue weighted by atomic mass is 16.2. The molecule has 2 heterocycles. The van der Waals surface area contributed by atoms with E-state index >= 15 is 0 Å². The van der Waals surface area contributed by atoms with Gasteiger partial charge in [0.15, 0.2) is 0 Å². The fraction of sp³-hybridized carbons (Fsp3) is 0.333. The van der Waals surface area contributed by atoms with E-state index in [0.717, 1.165) is 61.8 Å². The van der Waals surface area contributed by atoms with E-state index in [2.05, 4.69) is 40.3 Å². The quantitative estimate of drug-likeness (QED) is 0.682. The lowest BCUT2D eigenvalue weighted by Crippen LogP contribution is -2.35. The lowest BCUT2D eigenvalue weighted by Gasteiger charge is -2.22. The summed E-state index contributed by atoms with van der Waals surface area (Å²) >= 11 is 0. The largest absolute Gasteiger partial charge is 0.337 e. The van der Waals surface area contributed by atoms with Crippen molar-refractivity contribution in [2.75, 3.05) is 26.2 Å². The minimum atomic E-state index is 0.117. The third-order valence-corrected chi connectivity index (χ3v) is 5.49. The number of benzene rings is 2. The predicted octanol–water partition coefficient (Wildman–Crippen LogP) is 3.84. The van der Waals surface area contributed by atoms with Gasteiger partial charge in [-0.2, -0.15) is 5.10 Å². The Morgan fingerprint density at radius 2 is 1.69 bits per heavy atom. The van der Waals surface area contributed by atoms with Gasteiger partial charge in [0, 0.05) is 44.0 Å². The molecule has 150 valence electrons.